The molecule has 0 aromatic heterocycles. The molecule has 1 aliphatic heterocycles. The van der Waals surface area contributed by atoms with Gasteiger partial charge in [0.25, 0.3) is 5.91 Å². The van der Waals surface area contributed by atoms with Crippen molar-refractivity contribution < 1.29 is 19.1 Å². The van der Waals surface area contributed by atoms with E-state index in [1.165, 1.54) is 0 Å². The second kappa shape index (κ2) is 5.60. The minimum atomic E-state index is -0.943. The van der Waals surface area contributed by atoms with Crippen LogP contribution in [-0.2, 0) is 9.53 Å². The highest BCUT2D eigenvalue weighted by Gasteiger charge is 2.40. The van der Waals surface area contributed by atoms with Gasteiger partial charge in [-0.1, -0.05) is 6.08 Å². The number of ether oxygens (including phenoxy) is 2. The zero-order valence-corrected chi connectivity index (χ0v) is 12.5. The molecule has 0 aliphatic carbocycles. The molecule has 1 aromatic rings. The van der Waals surface area contributed by atoms with Crippen LogP contribution in [0.15, 0.2) is 30.9 Å². The molecule has 1 amide bonds. The maximum Gasteiger partial charge on any atom is 0.338 e. The van der Waals surface area contributed by atoms with Crippen molar-refractivity contribution in [3.05, 3.63) is 36.4 Å². The first-order valence-electron chi connectivity index (χ1n) is 6.83. The normalized spacial score (nSPS) is 16.0. The molecular formula is C16H19NO4. The molecule has 1 aliphatic rings. The SMILES string of the molecule is C=CCN1C(=O)C(C)(C)Oc2ccc(C(=O)OCC)cc21. The molecule has 0 N–H and O–H groups in total. The molecule has 0 atom stereocenters. The quantitative estimate of drug-likeness (QED) is 0.631. The molecule has 112 valence electrons. The number of fused-ring (bicyclic) bond motifs is 1. The maximum atomic E-state index is 12.4. The summed E-state index contributed by atoms with van der Waals surface area (Å²) in [7, 11) is 0. The highest BCUT2D eigenvalue weighted by atomic mass is 16.5. The summed E-state index contributed by atoms with van der Waals surface area (Å²) in [6.45, 7) is 9.50. The Labute approximate surface area is 124 Å². The number of benzene rings is 1. The molecule has 0 radical (unpaired) electrons. The molecule has 0 saturated carbocycles. The van der Waals surface area contributed by atoms with Crippen molar-refractivity contribution in [2.45, 2.75) is 26.4 Å². The molecule has 0 fully saturated rings. The summed E-state index contributed by atoms with van der Waals surface area (Å²) in [5, 5.41) is 0. The zero-order chi connectivity index (χ0) is 15.6. The van der Waals surface area contributed by atoms with Crippen LogP contribution in [0.4, 0.5) is 5.69 Å². The van der Waals surface area contributed by atoms with E-state index in [1.54, 1.807) is 49.9 Å². The summed E-state index contributed by atoms with van der Waals surface area (Å²) in [5.74, 6) is -0.0263. The van der Waals surface area contributed by atoms with Crippen molar-refractivity contribution in [2.75, 3.05) is 18.1 Å². The van der Waals surface area contributed by atoms with Crippen LogP contribution in [0.25, 0.3) is 0 Å². The van der Waals surface area contributed by atoms with Crippen molar-refractivity contribution in [1.82, 2.24) is 0 Å². The van der Waals surface area contributed by atoms with E-state index in [0.29, 0.717) is 30.2 Å². The van der Waals surface area contributed by atoms with Crippen LogP contribution in [0, 0.1) is 0 Å². The lowest BCUT2D eigenvalue weighted by atomic mass is 10.0. The van der Waals surface area contributed by atoms with E-state index < -0.39 is 11.6 Å². The van der Waals surface area contributed by atoms with Gasteiger partial charge in [-0.15, -0.1) is 6.58 Å². The molecule has 5 heteroatoms. The van der Waals surface area contributed by atoms with Gasteiger partial charge >= 0.3 is 5.97 Å². The minimum Gasteiger partial charge on any atom is -0.476 e. The van der Waals surface area contributed by atoms with Crippen LogP contribution in [0.1, 0.15) is 31.1 Å². The van der Waals surface area contributed by atoms with E-state index in [-0.39, 0.29) is 5.91 Å². The molecule has 1 aromatic carbocycles. The lowest BCUT2D eigenvalue weighted by molar-refractivity contribution is -0.132. The van der Waals surface area contributed by atoms with E-state index in [2.05, 4.69) is 6.58 Å². The van der Waals surface area contributed by atoms with Gasteiger partial charge in [-0.05, 0) is 39.0 Å². The van der Waals surface area contributed by atoms with E-state index in [1.807, 2.05) is 0 Å². The lowest BCUT2D eigenvalue weighted by Gasteiger charge is -2.38. The van der Waals surface area contributed by atoms with Crippen LogP contribution in [-0.4, -0.2) is 30.6 Å². The average Bonchev–Trinajstić information content (AvgIpc) is 2.43. The zero-order valence-electron chi connectivity index (χ0n) is 12.5. The first-order chi connectivity index (χ1) is 9.90. The minimum absolute atomic E-state index is 0.170. The fourth-order valence-corrected chi connectivity index (χ4v) is 2.22. The van der Waals surface area contributed by atoms with Crippen molar-refractivity contribution >= 4 is 17.6 Å². The Morgan fingerprint density at radius 3 is 2.81 bits per heavy atom. The Hall–Kier alpha value is -2.30. The predicted octanol–water partition coefficient (Wildman–Crippen LogP) is 2.55. The van der Waals surface area contributed by atoms with Crippen molar-refractivity contribution in [3.8, 4) is 5.75 Å². The lowest BCUT2D eigenvalue weighted by Crippen LogP contribution is -2.52. The molecule has 5 nitrogen and oxygen atoms in total. The third-order valence-electron chi connectivity index (χ3n) is 3.20. The standard InChI is InChI=1S/C16H19NO4/c1-5-9-17-12-10-11(14(18)20-6-2)7-8-13(12)21-16(3,4)15(17)19/h5,7-8,10H,1,6,9H2,2-4H3. The van der Waals surface area contributed by atoms with Crippen LogP contribution in [0.2, 0.25) is 0 Å². The molecule has 0 bridgehead atoms. The Morgan fingerprint density at radius 2 is 2.19 bits per heavy atom. The summed E-state index contributed by atoms with van der Waals surface area (Å²) in [4.78, 5) is 25.8. The average molecular weight is 289 g/mol. The molecule has 2 rings (SSSR count). The van der Waals surface area contributed by atoms with Crippen LogP contribution in [0.3, 0.4) is 0 Å². The monoisotopic (exact) mass is 289 g/mol. The number of hydrogen-bond donors (Lipinski definition) is 0. The Morgan fingerprint density at radius 1 is 1.48 bits per heavy atom. The summed E-state index contributed by atoms with van der Waals surface area (Å²) in [5.41, 5.74) is 0.00658. The predicted molar refractivity (Wildman–Crippen MR) is 79.7 cm³/mol. The Kier molecular flexibility index (Phi) is 4.02. The summed E-state index contributed by atoms with van der Waals surface area (Å²) < 4.78 is 10.7. The maximum absolute atomic E-state index is 12.4. The number of anilines is 1. The molecule has 1 heterocycles. The van der Waals surface area contributed by atoms with Crippen molar-refractivity contribution in [3.63, 3.8) is 0 Å². The van der Waals surface area contributed by atoms with E-state index >= 15 is 0 Å². The molecule has 0 saturated heterocycles. The van der Waals surface area contributed by atoms with Crippen LogP contribution in [0.5, 0.6) is 5.75 Å². The third kappa shape index (κ3) is 2.77. The van der Waals surface area contributed by atoms with Gasteiger partial charge in [-0.3, -0.25) is 4.79 Å². The van der Waals surface area contributed by atoms with E-state index in [9.17, 15) is 9.59 Å². The largest absolute Gasteiger partial charge is 0.476 e. The molecule has 0 spiro atoms. The van der Waals surface area contributed by atoms with E-state index in [0.717, 1.165) is 0 Å². The Bertz CT molecular complexity index is 592. The van der Waals surface area contributed by atoms with Gasteiger partial charge in [0.15, 0.2) is 5.60 Å². The van der Waals surface area contributed by atoms with Crippen LogP contribution >= 0.6 is 0 Å². The highest BCUT2D eigenvalue weighted by molar-refractivity contribution is 6.03. The van der Waals surface area contributed by atoms with Gasteiger partial charge in [0.1, 0.15) is 5.75 Å². The van der Waals surface area contributed by atoms with Gasteiger partial charge in [0.2, 0.25) is 0 Å². The smallest absolute Gasteiger partial charge is 0.338 e. The van der Waals surface area contributed by atoms with Crippen molar-refractivity contribution in [1.29, 1.82) is 0 Å². The van der Waals surface area contributed by atoms with Gasteiger partial charge in [-0.25, -0.2) is 4.79 Å². The van der Waals surface area contributed by atoms with Gasteiger partial charge < -0.3 is 14.4 Å². The first kappa shape index (κ1) is 15.1. The summed E-state index contributed by atoms with van der Waals surface area (Å²) in [6.07, 6.45) is 1.64. The first-order valence-corrected chi connectivity index (χ1v) is 6.83. The molecular weight excluding hydrogens is 270 g/mol. The third-order valence-corrected chi connectivity index (χ3v) is 3.20. The molecule has 0 unspecified atom stereocenters. The fraction of sp³-hybridized carbons (Fsp3) is 0.375. The highest BCUT2D eigenvalue weighted by Crippen LogP contribution is 2.38. The number of hydrogen-bond acceptors (Lipinski definition) is 4. The van der Waals surface area contributed by atoms with Gasteiger partial charge in [0, 0.05) is 6.54 Å². The number of amides is 1. The Balaban J connectivity index is 2.47. The fourth-order valence-electron chi connectivity index (χ4n) is 2.22. The number of nitrogens with zero attached hydrogens (tertiary/aromatic N) is 1. The van der Waals surface area contributed by atoms with Gasteiger partial charge in [0.05, 0.1) is 17.9 Å². The van der Waals surface area contributed by atoms with E-state index in [4.69, 9.17) is 9.47 Å². The number of esters is 1. The summed E-state index contributed by atoms with van der Waals surface area (Å²) >= 11 is 0. The second-order valence-electron chi connectivity index (χ2n) is 5.22. The number of rotatable bonds is 4. The summed E-state index contributed by atoms with van der Waals surface area (Å²) in [6, 6.07) is 4.94. The topological polar surface area (TPSA) is 55.8 Å². The van der Waals surface area contributed by atoms with Crippen molar-refractivity contribution in [2.24, 2.45) is 0 Å². The second-order valence-corrected chi connectivity index (χ2v) is 5.22. The van der Waals surface area contributed by atoms with Gasteiger partial charge in [-0.2, -0.15) is 0 Å². The number of carbonyl (C=O) groups is 2. The number of carbonyl (C=O) groups excluding carboxylic acids is 2. The van der Waals surface area contributed by atoms with Crippen LogP contribution < -0.4 is 9.64 Å². The molecule has 21 heavy (non-hydrogen) atoms.